The number of aromatic amines is 1. The van der Waals surface area contributed by atoms with Crippen LogP contribution < -0.4 is 5.69 Å². The van der Waals surface area contributed by atoms with E-state index in [-0.39, 0.29) is 5.89 Å². The number of hydrogen-bond acceptors (Lipinski definition) is 4. The summed E-state index contributed by atoms with van der Waals surface area (Å²) in [6, 6.07) is 3.46. The number of rotatable bonds is 1. The SMILES string of the molecule is O=c1nc(-c2ccc(Cl)s2)o[nH]1. The second kappa shape index (κ2) is 2.76. The summed E-state index contributed by atoms with van der Waals surface area (Å²) >= 11 is 6.98. The van der Waals surface area contributed by atoms with Crippen molar-refractivity contribution < 1.29 is 4.52 Å². The predicted octanol–water partition coefficient (Wildman–Crippen LogP) is 1.74. The normalized spacial score (nSPS) is 10.4. The van der Waals surface area contributed by atoms with E-state index in [4.69, 9.17) is 16.1 Å². The van der Waals surface area contributed by atoms with Crippen molar-refractivity contribution in [3.63, 3.8) is 0 Å². The summed E-state index contributed by atoms with van der Waals surface area (Å²) in [5, 5.41) is 2.10. The van der Waals surface area contributed by atoms with Crippen molar-refractivity contribution in [3.8, 4) is 10.8 Å². The van der Waals surface area contributed by atoms with E-state index in [9.17, 15) is 4.79 Å². The lowest BCUT2D eigenvalue weighted by molar-refractivity contribution is 0.425. The van der Waals surface area contributed by atoms with Gasteiger partial charge in [0.1, 0.15) is 0 Å². The van der Waals surface area contributed by atoms with Crippen LogP contribution in [-0.4, -0.2) is 10.1 Å². The molecule has 0 spiro atoms. The maximum atomic E-state index is 10.6. The van der Waals surface area contributed by atoms with Crippen LogP contribution in [0.25, 0.3) is 10.8 Å². The van der Waals surface area contributed by atoms with Crippen LogP contribution in [0.3, 0.4) is 0 Å². The highest BCUT2D eigenvalue weighted by Gasteiger charge is 2.07. The lowest BCUT2D eigenvalue weighted by Crippen LogP contribution is -1.99. The average Bonchev–Trinajstić information content (AvgIpc) is 2.58. The van der Waals surface area contributed by atoms with Crippen LogP contribution in [0.15, 0.2) is 21.5 Å². The van der Waals surface area contributed by atoms with Gasteiger partial charge in [0.15, 0.2) is 0 Å². The second-order valence-electron chi connectivity index (χ2n) is 2.03. The summed E-state index contributed by atoms with van der Waals surface area (Å²) in [6.07, 6.45) is 0. The zero-order chi connectivity index (χ0) is 8.55. The van der Waals surface area contributed by atoms with Crippen molar-refractivity contribution >= 4 is 22.9 Å². The van der Waals surface area contributed by atoms with E-state index >= 15 is 0 Å². The smallest absolute Gasteiger partial charge is 0.356 e. The molecule has 0 fully saturated rings. The monoisotopic (exact) mass is 202 g/mol. The van der Waals surface area contributed by atoms with E-state index in [1.807, 2.05) is 0 Å². The molecule has 0 radical (unpaired) electrons. The number of aromatic nitrogens is 2. The molecule has 0 aliphatic carbocycles. The largest absolute Gasteiger partial charge is 0.377 e. The lowest BCUT2D eigenvalue weighted by atomic mass is 10.5. The fourth-order valence-electron chi connectivity index (χ4n) is 0.764. The van der Waals surface area contributed by atoms with Gasteiger partial charge in [0.05, 0.1) is 9.21 Å². The molecule has 2 aromatic heterocycles. The molecule has 6 heteroatoms. The zero-order valence-corrected chi connectivity index (χ0v) is 7.28. The van der Waals surface area contributed by atoms with Crippen molar-refractivity contribution in [1.82, 2.24) is 10.1 Å². The Morgan fingerprint density at radius 1 is 1.58 bits per heavy atom. The maximum absolute atomic E-state index is 10.6. The Kier molecular flexibility index (Phi) is 1.74. The molecule has 0 aliphatic rings. The Hall–Kier alpha value is -1.07. The van der Waals surface area contributed by atoms with Crippen molar-refractivity contribution in [1.29, 1.82) is 0 Å². The molecule has 0 amide bonds. The van der Waals surface area contributed by atoms with Gasteiger partial charge in [-0.2, -0.15) is 10.1 Å². The van der Waals surface area contributed by atoms with Gasteiger partial charge in [-0.25, -0.2) is 4.79 Å². The van der Waals surface area contributed by atoms with Crippen LogP contribution in [0.1, 0.15) is 0 Å². The van der Waals surface area contributed by atoms with Gasteiger partial charge >= 0.3 is 5.69 Å². The summed E-state index contributed by atoms with van der Waals surface area (Å²) in [7, 11) is 0. The molecule has 4 nitrogen and oxygen atoms in total. The molecule has 2 aromatic rings. The highest BCUT2D eigenvalue weighted by molar-refractivity contribution is 7.19. The van der Waals surface area contributed by atoms with Crippen molar-refractivity contribution in [2.75, 3.05) is 0 Å². The molecular formula is C6H3ClN2O2S. The van der Waals surface area contributed by atoms with Crippen molar-refractivity contribution in [2.24, 2.45) is 0 Å². The van der Waals surface area contributed by atoms with E-state index in [2.05, 4.69) is 10.1 Å². The van der Waals surface area contributed by atoms with Crippen LogP contribution >= 0.6 is 22.9 Å². The Morgan fingerprint density at radius 3 is 2.92 bits per heavy atom. The Morgan fingerprint density at radius 2 is 2.42 bits per heavy atom. The molecule has 0 saturated heterocycles. The number of hydrogen-bond donors (Lipinski definition) is 1. The van der Waals surface area contributed by atoms with Crippen LogP contribution in [0, 0.1) is 0 Å². The molecule has 0 aromatic carbocycles. The number of thiophene rings is 1. The molecule has 0 unspecified atom stereocenters. The van der Waals surface area contributed by atoms with Gasteiger partial charge in [-0.05, 0) is 12.1 Å². The number of halogens is 1. The van der Waals surface area contributed by atoms with Gasteiger partial charge in [0.2, 0.25) is 0 Å². The van der Waals surface area contributed by atoms with E-state index in [0.29, 0.717) is 4.34 Å². The van der Waals surface area contributed by atoms with Gasteiger partial charge in [-0.15, -0.1) is 11.3 Å². The fourth-order valence-corrected chi connectivity index (χ4v) is 1.73. The minimum absolute atomic E-state index is 0.275. The van der Waals surface area contributed by atoms with Crippen LogP contribution in [0.5, 0.6) is 0 Å². The summed E-state index contributed by atoms with van der Waals surface area (Å²) < 4.78 is 5.40. The first kappa shape index (κ1) is 7.57. The summed E-state index contributed by atoms with van der Waals surface area (Å²) in [5.41, 5.74) is -0.491. The minimum atomic E-state index is -0.491. The van der Waals surface area contributed by atoms with Gasteiger partial charge < -0.3 is 4.52 Å². The van der Waals surface area contributed by atoms with Gasteiger partial charge in [-0.1, -0.05) is 11.6 Å². The fraction of sp³-hybridized carbons (Fsp3) is 0. The van der Waals surface area contributed by atoms with E-state index in [1.165, 1.54) is 11.3 Å². The van der Waals surface area contributed by atoms with Gasteiger partial charge in [0.25, 0.3) is 5.89 Å². The van der Waals surface area contributed by atoms with Crippen LogP contribution in [0.2, 0.25) is 4.34 Å². The third kappa shape index (κ3) is 1.28. The van der Waals surface area contributed by atoms with Gasteiger partial charge in [-0.3, -0.25) is 0 Å². The summed E-state index contributed by atoms with van der Waals surface area (Å²) in [4.78, 5) is 14.9. The van der Waals surface area contributed by atoms with Gasteiger partial charge in [0, 0.05) is 0 Å². The molecule has 12 heavy (non-hydrogen) atoms. The molecule has 0 atom stereocenters. The van der Waals surface area contributed by atoms with Crippen molar-refractivity contribution in [3.05, 3.63) is 27.0 Å². The predicted molar refractivity (Wildman–Crippen MR) is 45.4 cm³/mol. The minimum Gasteiger partial charge on any atom is -0.356 e. The zero-order valence-electron chi connectivity index (χ0n) is 5.70. The van der Waals surface area contributed by atoms with E-state index in [1.54, 1.807) is 12.1 Å². The average molecular weight is 203 g/mol. The standard InChI is InChI=1S/C6H3ClN2O2S/c7-4-2-1-3(12-4)5-8-6(10)9-11-5/h1-2H,(H,9,10). The first-order valence-corrected chi connectivity index (χ1v) is 4.26. The summed E-state index contributed by atoms with van der Waals surface area (Å²) in [5.74, 6) is 0.275. The molecule has 2 heterocycles. The summed E-state index contributed by atoms with van der Waals surface area (Å²) in [6.45, 7) is 0. The molecule has 62 valence electrons. The van der Waals surface area contributed by atoms with E-state index in [0.717, 1.165) is 4.88 Å². The first-order chi connectivity index (χ1) is 5.75. The maximum Gasteiger partial charge on any atom is 0.377 e. The highest BCUT2D eigenvalue weighted by Crippen LogP contribution is 2.28. The Balaban J connectivity index is 2.50. The first-order valence-electron chi connectivity index (χ1n) is 3.07. The van der Waals surface area contributed by atoms with Crippen LogP contribution in [-0.2, 0) is 0 Å². The number of H-pyrrole nitrogens is 1. The second-order valence-corrected chi connectivity index (χ2v) is 3.75. The Bertz CT molecular complexity index is 444. The third-order valence-corrected chi connectivity index (χ3v) is 2.44. The third-order valence-electron chi connectivity index (χ3n) is 1.22. The van der Waals surface area contributed by atoms with E-state index < -0.39 is 5.69 Å². The Labute approximate surface area is 75.8 Å². The molecule has 0 bridgehead atoms. The van der Waals surface area contributed by atoms with Crippen molar-refractivity contribution in [2.45, 2.75) is 0 Å². The quantitative estimate of drug-likeness (QED) is 0.767. The molecule has 0 saturated carbocycles. The molecule has 2 rings (SSSR count). The number of nitrogens with one attached hydrogen (secondary N) is 1. The molecule has 1 N–H and O–H groups in total. The van der Waals surface area contributed by atoms with Crippen LogP contribution in [0.4, 0.5) is 0 Å². The number of nitrogens with zero attached hydrogens (tertiary/aromatic N) is 1. The topological polar surface area (TPSA) is 58.9 Å². The highest BCUT2D eigenvalue weighted by atomic mass is 35.5. The lowest BCUT2D eigenvalue weighted by Gasteiger charge is -1.81. The molecular weight excluding hydrogens is 200 g/mol. The molecule has 0 aliphatic heterocycles.